The average molecular weight is 197 g/mol. The summed E-state index contributed by atoms with van der Waals surface area (Å²) in [5.41, 5.74) is 1.40. The largest absolute Gasteiger partial charge is 0.480 e. The predicted molar refractivity (Wildman–Crippen MR) is 52.4 cm³/mol. The van der Waals surface area contributed by atoms with Crippen LogP contribution in [-0.4, -0.2) is 34.8 Å². The van der Waals surface area contributed by atoms with Crippen molar-refractivity contribution in [2.24, 2.45) is 0 Å². The van der Waals surface area contributed by atoms with Gasteiger partial charge in [-0.25, -0.2) is 0 Å². The summed E-state index contributed by atoms with van der Waals surface area (Å²) >= 11 is 1.87. The van der Waals surface area contributed by atoms with Gasteiger partial charge in [0, 0.05) is 23.4 Å². The molecule has 4 heteroatoms. The standard InChI is InChI=1S/C9H11NO2S/c11-9(12)6-10-3-1-8-7(5-10)2-4-13-8/h1,3H,2,4-6H2,(H,11,12). The van der Waals surface area contributed by atoms with Gasteiger partial charge >= 0.3 is 5.97 Å². The Kier molecular flexibility index (Phi) is 2.31. The highest BCUT2D eigenvalue weighted by Gasteiger charge is 2.19. The lowest BCUT2D eigenvalue weighted by Crippen LogP contribution is -2.28. The number of allylic oxidation sites excluding steroid dienone is 1. The topological polar surface area (TPSA) is 40.5 Å². The molecule has 2 rings (SSSR count). The van der Waals surface area contributed by atoms with E-state index in [2.05, 4.69) is 0 Å². The van der Waals surface area contributed by atoms with Gasteiger partial charge in [0.1, 0.15) is 6.54 Å². The Labute approximate surface area is 81.1 Å². The fourth-order valence-corrected chi connectivity index (χ4v) is 2.68. The number of rotatable bonds is 2. The van der Waals surface area contributed by atoms with E-state index >= 15 is 0 Å². The number of carboxylic acids is 1. The van der Waals surface area contributed by atoms with Gasteiger partial charge in [0.25, 0.3) is 0 Å². The van der Waals surface area contributed by atoms with Crippen molar-refractivity contribution < 1.29 is 9.90 Å². The maximum Gasteiger partial charge on any atom is 0.323 e. The summed E-state index contributed by atoms with van der Waals surface area (Å²) in [6, 6.07) is 0. The molecule has 2 aliphatic rings. The molecule has 0 radical (unpaired) electrons. The SMILES string of the molecule is O=C(O)CN1C=CC2=C(CCS2)C1. The minimum atomic E-state index is -0.764. The molecule has 3 nitrogen and oxygen atoms in total. The lowest BCUT2D eigenvalue weighted by Gasteiger charge is -2.22. The molecule has 0 spiro atoms. The third kappa shape index (κ3) is 1.88. The second-order valence-corrected chi connectivity index (χ2v) is 4.32. The number of carbonyl (C=O) groups is 1. The van der Waals surface area contributed by atoms with Gasteiger partial charge in [-0.1, -0.05) is 0 Å². The molecule has 0 aromatic heterocycles. The number of aliphatic carboxylic acids is 1. The fourth-order valence-electron chi connectivity index (χ4n) is 1.59. The van der Waals surface area contributed by atoms with Crippen molar-refractivity contribution in [3.8, 4) is 0 Å². The van der Waals surface area contributed by atoms with Crippen LogP contribution in [0, 0.1) is 0 Å². The van der Waals surface area contributed by atoms with Crippen LogP contribution < -0.4 is 0 Å². The molecule has 0 saturated carbocycles. The average Bonchev–Trinajstić information content (AvgIpc) is 2.49. The van der Waals surface area contributed by atoms with Crippen molar-refractivity contribution in [3.05, 3.63) is 22.8 Å². The molecular weight excluding hydrogens is 186 g/mol. The van der Waals surface area contributed by atoms with Crippen molar-refractivity contribution in [3.63, 3.8) is 0 Å². The third-order valence-corrected chi connectivity index (χ3v) is 3.32. The summed E-state index contributed by atoms with van der Waals surface area (Å²) in [7, 11) is 0. The van der Waals surface area contributed by atoms with E-state index in [9.17, 15) is 4.79 Å². The van der Waals surface area contributed by atoms with Crippen molar-refractivity contribution >= 4 is 17.7 Å². The molecular formula is C9H11NO2S. The summed E-state index contributed by atoms with van der Waals surface area (Å²) in [6.45, 7) is 0.906. The first-order valence-corrected chi connectivity index (χ1v) is 5.23. The minimum absolute atomic E-state index is 0.109. The van der Waals surface area contributed by atoms with E-state index in [1.165, 1.54) is 10.5 Å². The molecule has 2 heterocycles. The maximum absolute atomic E-state index is 10.5. The molecule has 1 N–H and O–H groups in total. The van der Waals surface area contributed by atoms with Crippen molar-refractivity contribution in [1.82, 2.24) is 4.90 Å². The van der Waals surface area contributed by atoms with Crippen molar-refractivity contribution in [2.75, 3.05) is 18.8 Å². The summed E-state index contributed by atoms with van der Waals surface area (Å²) in [5.74, 6) is 0.384. The lowest BCUT2D eigenvalue weighted by molar-refractivity contribution is -0.137. The zero-order chi connectivity index (χ0) is 9.26. The van der Waals surface area contributed by atoms with Crippen molar-refractivity contribution in [1.29, 1.82) is 0 Å². The predicted octanol–water partition coefficient (Wildman–Crippen LogP) is 1.29. The highest BCUT2D eigenvalue weighted by molar-refractivity contribution is 8.03. The van der Waals surface area contributed by atoms with Crippen molar-refractivity contribution in [2.45, 2.75) is 6.42 Å². The van der Waals surface area contributed by atoms with E-state index in [1.54, 1.807) is 0 Å². The minimum Gasteiger partial charge on any atom is -0.480 e. The van der Waals surface area contributed by atoms with Crippen LogP contribution in [0.25, 0.3) is 0 Å². The number of thioether (sulfide) groups is 1. The lowest BCUT2D eigenvalue weighted by atomic mass is 10.1. The smallest absolute Gasteiger partial charge is 0.323 e. The summed E-state index contributed by atoms with van der Waals surface area (Å²) in [6.07, 6.45) is 5.02. The van der Waals surface area contributed by atoms with Gasteiger partial charge in [-0.3, -0.25) is 4.79 Å². The van der Waals surface area contributed by atoms with Gasteiger partial charge in [-0.2, -0.15) is 0 Å². The van der Waals surface area contributed by atoms with E-state index in [0.29, 0.717) is 0 Å². The van der Waals surface area contributed by atoms with E-state index < -0.39 is 5.97 Å². The highest BCUT2D eigenvalue weighted by Crippen LogP contribution is 2.34. The Morgan fingerprint density at radius 2 is 2.54 bits per heavy atom. The Bertz CT molecular complexity index is 296. The van der Waals surface area contributed by atoms with Crippen LogP contribution in [-0.2, 0) is 4.79 Å². The zero-order valence-corrected chi connectivity index (χ0v) is 8.01. The van der Waals surface area contributed by atoms with Crippen LogP contribution in [0.15, 0.2) is 22.8 Å². The van der Waals surface area contributed by atoms with Crippen LogP contribution in [0.3, 0.4) is 0 Å². The molecule has 0 fully saturated rings. The Morgan fingerprint density at radius 3 is 3.31 bits per heavy atom. The number of hydrogen-bond acceptors (Lipinski definition) is 3. The quantitative estimate of drug-likeness (QED) is 0.724. The highest BCUT2D eigenvalue weighted by atomic mass is 32.2. The molecule has 0 amide bonds. The first-order valence-electron chi connectivity index (χ1n) is 4.24. The van der Waals surface area contributed by atoms with E-state index in [1.807, 2.05) is 28.9 Å². The summed E-state index contributed by atoms with van der Waals surface area (Å²) < 4.78 is 0. The number of nitrogens with zero attached hydrogens (tertiary/aromatic N) is 1. The molecule has 0 aliphatic carbocycles. The maximum atomic E-state index is 10.5. The van der Waals surface area contributed by atoms with Gasteiger partial charge in [-0.15, -0.1) is 11.8 Å². The van der Waals surface area contributed by atoms with Gasteiger partial charge in [0.2, 0.25) is 0 Å². The summed E-state index contributed by atoms with van der Waals surface area (Å²) in [5, 5.41) is 8.61. The molecule has 0 unspecified atom stereocenters. The Morgan fingerprint density at radius 1 is 1.69 bits per heavy atom. The number of hydrogen-bond donors (Lipinski definition) is 1. The van der Waals surface area contributed by atoms with Gasteiger partial charge in [0.05, 0.1) is 0 Å². The molecule has 0 bridgehead atoms. The molecule has 2 aliphatic heterocycles. The summed E-state index contributed by atoms with van der Waals surface area (Å²) in [4.78, 5) is 13.7. The van der Waals surface area contributed by atoms with Crippen LogP contribution in [0.2, 0.25) is 0 Å². The van der Waals surface area contributed by atoms with Crippen LogP contribution in [0.1, 0.15) is 6.42 Å². The molecule has 13 heavy (non-hydrogen) atoms. The molecule has 0 saturated heterocycles. The molecule has 0 aromatic rings. The molecule has 70 valence electrons. The molecule has 0 aromatic carbocycles. The van der Waals surface area contributed by atoms with Gasteiger partial charge < -0.3 is 10.0 Å². The Hall–Kier alpha value is -0.900. The normalized spacial score (nSPS) is 20.8. The van der Waals surface area contributed by atoms with E-state index in [4.69, 9.17) is 5.11 Å². The first-order chi connectivity index (χ1) is 6.25. The van der Waals surface area contributed by atoms with Crippen LogP contribution in [0.5, 0.6) is 0 Å². The van der Waals surface area contributed by atoms with Crippen LogP contribution >= 0.6 is 11.8 Å². The Balaban J connectivity index is 2.01. The fraction of sp³-hybridized carbons (Fsp3) is 0.444. The van der Waals surface area contributed by atoms with E-state index in [-0.39, 0.29) is 6.54 Å². The number of carboxylic acid groups (broad SMARTS) is 1. The first kappa shape index (κ1) is 8.69. The van der Waals surface area contributed by atoms with Crippen LogP contribution in [0.4, 0.5) is 0 Å². The second kappa shape index (κ2) is 3.46. The molecule has 0 atom stereocenters. The van der Waals surface area contributed by atoms with Gasteiger partial charge in [0.15, 0.2) is 0 Å². The van der Waals surface area contributed by atoms with Gasteiger partial charge in [-0.05, 0) is 18.1 Å². The second-order valence-electron chi connectivity index (χ2n) is 3.18. The van der Waals surface area contributed by atoms with E-state index in [0.717, 1.165) is 18.7 Å². The third-order valence-electron chi connectivity index (χ3n) is 2.18. The monoisotopic (exact) mass is 197 g/mol. The zero-order valence-electron chi connectivity index (χ0n) is 7.19.